The monoisotopic (exact) mass is 256 g/mol. The third-order valence-corrected chi connectivity index (χ3v) is 3.76. The van der Waals surface area contributed by atoms with Crippen molar-refractivity contribution < 1.29 is 14.3 Å². The fraction of sp³-hybridized carbons (Fsp3) is 0.923. The Morgan fingerprint density at radius 2 is 2.22 bits per heavy atom. The molecule has 5 nitrogen and oxygen atoms in total. The minimum absolute atomic E-state index is 0.238. The van der Waals surface area contributed by atoms with E-state index >= 15 is 0 Å². The van der Waals surface area contributed by atoms with Crippen LogP contribution in [0.3, 0.4) is 0 Å². The Labute approximate surface area is 109 Å². The highest BCUT2D eigenvalue weighted by Gasteiger charge is 2.50. The van der Waals surface area contributed by atoms with Crippen LogP contribution in [-0.2, 0) is 14.3 Å². The molecule has 1 aliphatic heterocycles. The van der Waals surface area contributed by atoms with Gasteiger partial charge in [-0.1, -0.05) is 0 Å². The van der Waals surface area contributed by atoms with Crippen molar-refractivity contribution in [1.82, 2.24) is 4.90 Å². The third-order valence-electron chi connectivity index (χ3n) is 3.76. The molecule has 0 bridgehead atoms. The summed E-state index contributed by atoms with van der Waals surface area (Å²) in [5.41, 5.74) is 5.54. The highest BCUT2D eigenvalue weighted by Crippen LogP contribution is 2.39. The lowest BCUT2D eigenvalue weighted by atomic mass is 9.93. The number of rotatable bonds is 5. The lowest BCUT2D eigenvalue weighted by Gasteiger charge is -2.32. The molecule has 1 heterocycles. The smallest absolute Gasteiger partial charge is 0.327 e. The number of hydrogen-bond donors (Lipinski definition) is 1. The topological polar surface area (TPSA) is 64.8 Å². The number of esters is 1. The van der Waals surface area contributed by atoms with Crippen molar-refractivity contribution in [3.05, 3.63) is 0 Å². The summed E-state index contributed by atoms with van der Waals surface area (Å²) in [6, 6.07) is 0. The van der Waals surface area contributed by atoms with Crippen LogP contribution in [-0.4, -0.2) is 55.9 Å². The second-order valence-corrected chi connectivity index (χ2v) is 5.28. The van der Waals surface area contributed by atoms with Crippen LogP contribution in [0.25, 0.3) is 0 Å². The maximum absolute atomic E-state index is 12.1. The van der Waals surface area contributed by atoms with Gasteiger partial charge in [-0.15, -0.1) is 0 Å². The first-order chi connectivity index (χ1) is 8.66. The molecule has 2 fully saturated rings. The van der Waals surface area contributed by atoms with Crippen LogP contribution >= 0.6 is 0 Å². The largest absolute Gasteiger partial charge is 0.465 e. The minimum Gasteiger partial charge on any atom is -0.465 e. The highest BCUT2D eigenvalue weighted by molar-refractivity contribution is 5.82. The van der Waals surface area contributed by atoms with Gasteiger partial charge >= 0.3 is 5.97 Å². The van der Waals surface area contributed by atoms with Gasteiger partial charge in [0.05, 0.1) is 13.2 Å². The summed E-state index contributed by atoms with van der Waals surface area (Å²) < 4.78 is 10.6. The number of hydrogen-bond acceptors (Lipinski definition) is 5. The van der Waals surface area contributed by atoms with Gasteiger partial charge in [0, 0.05) is 26.2 Å². The SMILES string of the molecule is CCOC(=O)C(N)(CN1CCCOCC1)C1CC1. The molecule has 2 rings (SSSR count). The Morgan fingerprint density at radius 3 is 2.89 bits per heavy atom. The molecule has 0 aromatic heterocycles. The Hall–Kier alpha value is -0.650. The molecule has 0 spiro atoms. The minimum atomic E-state index is -0.819. The Bertz CT molecular complexity index is 286. The van der Waals surface area contributed by atoms with E-state index in [1.165, 1.54) is 0 Å². The van der Waals surface area contributed by atoms with Gasteiger partial charge in [-0.05, 0) is 32.1 Å². The zero-order valence-electron chi connectivity index (χ0n) is 11.2. The van der Waals surface area contributed by atoms with Gasteiger partial charge in [0.15, 0.2) is 0 Å². The van der Waals surface area contributed by atoms with E-state index in [0.29, 0.717) is 19.1 Å². The molecular weight excluding hydrogens is 232 g/mol. The Morgan fingerprint density at radius 1 is 1.44 bits per heavy atom. The molecule has 2 N–H and O–H groups in total. The second-order valence-electron chi connectivity index (χ2n) is 5.28. The van der Waals surface area contributed by atoms with Crippen molar-refractivity contribution in [2.75, 3.05) is 39.5 Å². The summed E-state index contributed by atoms with van der Waals surface area (Å²) in [7, 11) is 0. The van der Waals surface area contributed by atoms with E-state index in [4.69, 9.17) is 15.2 Å². The molecule has 0 amide bonds. The summed E-state index contributed by atoms with van der Waals surface area (Å²) in [6.07, 6.45) is 3.09. The van der Waals surface area contributed by atoms with Crippen LogP contribution < -0.4 is 5.73 Å². The number of carbonyl (C=O) groups is 1. The van der Waals surface area contributed by atoms with Crippen LogP contribution in [0.5, 0.6) is 0 Å². The predicted molar refractivity (Wildman–Crippen MR) is 68.2 cm³/mol. The molecule has 0 aromatic carbocycles. The van der Waals surface area contributed by atoms with Gasteiger partial charge in [0.25, 0.3) is 0 Å². The average molecular weight is 256 g/mol. The van der Waals surface area contributed by atoms with Gasteiger partial charge in [-0.2, -0.15) is 0 Å². The maximum atomic E-state index is 12.1. The molecule has 1 aliphatic carbocycles. The molecular formula is C13H24N2O3. The van der Waals surface area contributed by atoms with E-state index in [2.05, 4.69) is 4.90 Å². The molecule has 1 saturated heterocycles. The lowest BCUT2D eigenvalue weighted by molar-refractivity contribution is -0.151. The molecule has 5 heteroatoms. The molecule has 18 heavy (non-hydrogen) atoms. The van der Waals surface area contributed by atoms with Crippen molar-refractivity contribution in [2.24, 2.45) is 11.7 Å². The predicted octanol–water partition coefficient (Wildman–Crippen LogP) is 0.379. The van der Waals surface area contributed by atoms with E-state index in [0.717, 1.165) is 45.6 Å². The van der Waals surface area contributed by atoms with Crippen molar-refractivity contribution in [2.45, 2.75) is 31.7 Å². The molecule has 104 valence electrons. The van der Waals surface area contributed by atoms with Crippen LogP contribution in [0.1, 0.15) is 26.2 Å². The van der Waals surface area contributed by atoms with Gasteiger partial charge < -0.3 is 15.2 Å². The fourth-order valence-corrected chi connectivity index (χ4v) is 2.55. The first-order valence-electron chi connectivity index (χ1n) is 6.93. The Kier molecular flexibility index (Phi) is 4.59. The average Bonchev–Trinajstić information content (AvgIpc) is 3.17. The summed E-state index contributed by atoms with van der Waals surface area (Å²) in [5.74, 6) is 0.0541. The zero-order valence-corrected chi connectivity index (χ0v) is 11.2. The van der Waals surface area contributed by atoms with Crippen molar-refractivity contribution in [3.63, 3.8) is 0 Å². The quantitative estimate of drug-likeness (QED) is 0.720. The fourth-order valence-electron chi connectivity index (χ4n) is 2.55. The molecule has 1 unspecified atom stereocenters. The molecule has 0 radical (unpaired) electrons. The summed E-state index contributed by atoms with van der Waals surface area (Å²) in [6.45, 7) is 6.15. The molecule has 1 saturated carbocycles. The normalized spacial score (nSPS) is 25.2. The summed E-state index contributed by atoms with van der Waals surface area (Å²) in [5, 5.41) is 0. The van der Waals surface area contributed by atoms with Gasteiger partial charge in [-0.3, -0.25) is 4.90 Å². The maximum Gasteiger partial charge on any atom is 0.327 e. The van der Waals surface area contributed by atoms with E-state index in [1.807, 2.05) is 6.92 Å². The van der Waals surface area contributed by atoms with Crippen molar-refractivity contribution >= 4 is 5.97 Å². The van der Waals surface area contributed by atoms with E-state index in [9.17, 15) is 4.79 Å². The lowest BCUT2D eigenvalue weighted by Crippen LogP contribution is -2.59. The first-order valence-corrected chi connectivity index (χ1v) is 6.93. The third kappa shape index (κ3) is 3.22. The van der Waals surface area contributed by atoms with Gasteiger partial charge in [0.2, 0.25) is 0 Å². The number of carbonyl (C=O) groups excluding carboxylic acids is 1. The number of ether oxygens (including phenoxy) is 2. The molecule has 2 aliphatic rings. The van der Waals surface area contributed by atoms with Crippen LogP contribution in [0.4, 0.5) is 0 Å². The number of nitrogens with zero attached hydrogens (tertiary/aromatic N) is 1. The second kappa shape index (κ2) is 5.99. The first kappa shape index (κ1) is 13.8. The van der Waals surface area contributed by atoms with E-state index in [-0.39, 0.29) is 5.97 Å². The van der Waals surface area contributed by atoms with Crippen molar-refractivity contribution in [1.29, 1.82) is 0 Å². The van der Waals surface area contributed by atoms with Gasteiger partial charge in [0.1, 0.15) is 5.54 Å². The molecule has 0 aromatic rings. The van der Waals surface area contributed by atoms with E-state index in [1.54, 1.807) is 0 Å². The summed E-state index contributed by atoms with van der Waals surface area (Å²) >= 11 is 0. The number of nitrogens with two attached hydrogens (primary N) is 1. The van der Waals surface area contributed by atoms with Crippen LogP contribution in [0.2, 0.25) is 0 Å². The Balaban J connectivity index is 1.98. The van der Waals surface area contributed by atoms with Crippen LogP contribution in [0.15, 0.2) is 0 Å². The standard InChI is InChI=1S/C13H24N2O3/c1-2-18-12(16)13(14,11-4-5-11)10-15-6-3-8-17-9-7-15/h11H,2-10,14H2,1H3. The summed E-state index contributed by atoms with van der Waals surface area (Å²) in [4.78, 5) is 14.3. The molecule has 1 atom stereocenters. The van der Waals surface area contributed by atoms with Crippen molar-refractivity contribution in [3.8, 4) is 0 Å². The van der Waals surface area contributed by atoms with Gasteiger partial charge in [-0.25, -0.2) is 4.79 Å². The van der Waals surface area contributed by atoms with E-state index < -0.39 is 5.54 Å². The highest BCUT2D eigenvalue weighted by atomic mass is 16.5. The zero-order chi connectivity index (χ0) is 13.0. The van der Waals surface area contributed by atoms with Crippen LogP contribution in [0, 0.1) is 5.92 Å².